The standard InChI is InChI=1S/C47H73NO15/c1-28-18-16-14-12-10-8-6-7-9-11-13-15-17-19-36(62-46-45(58)42(48)44(57)32(5)61-46)25-40-30(3)38(53)26-47(59,63-40)27-39(54)37(52)21-20-33(49)22-34(50)23-35(51)24-41(55)60-31(4)29(2)43(28)56/h6-19,28-38,40,42-46,49-53,56-59H,20-27,48H2,1-5H3/b7-6+,10-8+,11-9+,14-12+,15-13+,18-16+,19-17+/t28-,29-,30+,31-,32?,33+,34+,35+,36-,37+,38-,40?,42?,43+,44?,45?,46?,47-/m0/s1. The van der Waals surface area contributed by atoms with Crippen LogP contribution in [0.2, 0.25) is 0 Å². The van der Waals surface area contributed by atoms with Crippen LogP contribution in [0.5, 0.6) is 0 Å². The van der Waals surface area contributed by atoms with Crippen LogP contribution in [0.4, 0.5) is 0 Å². The molecule has 2 fully saturated rings. The lowest BCUT2D eigenvalue weighted by Gasteiger charge is -2.45. The molecular formula is C47H73NO15. The molecule has 11 N–H and O–H groups in total. The lowest BCUT2D eigenvalue weighted by atomic mass is 9.84. The van der Waals surface area contributed by atoms with E-state index in [9.17, 15) is 55.5 Å². The molecule has 0 aromatic rings. The predicted molar refractivity (Wildman–Crippen MR) is 234 cm³/mol. The van der Waals surface area contributed by atoms with Gasteiger partial charge < -0.3 is 70.6 Å². The topological polar surface area (TPSA) is 279 Å². The SMILES string of the molecule is CC1OC(O[C@H]2/C=C/C=C/C=C/C=C/C=C/C=C/C=C/[C@H](C)[C@@H](O)[C@@H](C)[C@H](C)OC(=O)C[C@H](O)C[C@H](O)C[C@H](O)CC[C@@H](O)C(=O)C[C@]3(O)C[C@H](O)[C@@H](C)C(C2)O3)C(O)C(N)C1O. The van der Waals surface area contributed by atoms with Crippen LogP contribution in [0.25, 0.3) is 0 Å². The minimum atomic E-state index is -2.18. The summed E-state index contributed by atoms with van der Waals surface area (Å²) in [5.74, 6) is -4.97. The maximum Gasteiger partial charge on any atom is 0.308 e. The molecule has 0 spiro atoms. The highest BCUT2D eigenvalue weighted by molar-refractivity contribution is 5.83. The van der Waals surface area contributed by atoms with Gasteiger partial charge in [0, 0.05) is 30.6 Å². The number of fused-ring (bicyclic) bond motifs is 2. The minimum absolute atomic E-state index is 0.0131. The van der Waals surface area contributed by atoms with Gasteiger partial charge in [0.25, 0.3) is 0 Å². The molecule has 2 bridgehead atoms. The Balaban J connectivity index is 1.81. The van der Waals surface area contributed by atoms with E-state index >= 15 is 0 Å². The average Bonchev–Trinajstić information content (AvgIpc) is 3.21. The Morgan fingerprint density at radius 3 is 1.81 bits per heavy atom. The summed E-state index contributed by atoms with van der Waals surface area (Å²) in [5, 5.41) is 96.9. The van der Waals surface area contributed by atoms with Crippen molar-refractivity contribution in [3.8, 4) is 0 Å². The molecule has 3 rings (SSSR count). The van der Waals surface area contributed by atoms with Crippen LogP contribution in [0, 0.1) is 17.8 Å². The molecule has 16 nitrogen and oxygen atoms in total. The fraction of sp³-hybridized carbons (Fsp3) is 0.660. The van der Waals surface area contributed by atoms with Gasteiger partial charge in [-0.05, 0) is 39.5 Å². The molecule has 0 saturated carbocycles. The van der Waals surface area contributed by atoms with Gasteiger partial charge in [-0.3, -0.25) is 9.59 Å². The number of hydrogen-bond donors (Lipinski definition) is 10. The smallest absolute Gasteiger partial charge is 0.308 e. The Hall–Kier alpha value is -3.20. The number of carbonyl (C=O) groups excluding carboxylic acids is 2. The summed E-state index contributed by atoms with van der Waals surface area (Å²) in [6.07, 6.45) is 8.58. The number of rotatable bonds is 2. The molecule has 3 aliphatic heterocycles. The predicted octanol–water partition coefficient (Wildman–Crippen LogP) is 1.86. The van der Waals surface area contributed by atoms with Crippen molar-refractivity contribution >= 4 is 11.8 Å². The number of carbonyl (C=O) groups is 2. The number of aliphatic hydroxyl groups is 9. The van der Waals surface area contributed by atoms with Crippen LogP contribution in [-0.4, -0.2) is 149 Å². The van der Waals surface area contributed by atoms with E-state index in [-0.39, 0.29) is 44.4 Å². The number of Topliss-reactive ketones (excluding diaryl/α,β-unsaturated/α-hetero) is 1. The van der Waals surface area contributed by atoms with E-state index in [0.717, 1.165) is 0 Å². The summed E-state index contributed by atoms with van der Waals surface area (Å²) >= 11 is 0. The van der Waals surface area contributed by atoms with Gasteiger partial charge in [-0.1, -0.05) is 106 Å². The van der Waals surface area contributed by atoms with Crippen molar-refractivity contribution in [1.82, 2.24) is 0 Å². The summed E-state index contributed by atoms with van der Waals surface area (Å²) in [6, 6.07) is -1.06. The number of hydrogen-bond acceptors (Lipinski definition) is 16. The van der Waals surface area contributed by atoms with Crippen LogP contribution in [0.1, 0.15) is 86.0 Å². The maximum absolute atomic E-state index is 13.2. The second kappa shape index (κ2) is 26.7. The van der Waals surface area contributed by atoms with E-state index in [1.54, 1.807) is 58.1 Å². The van der Waals surface area contributed by atoms with Crippen molar-refractivity contribution in [2.24, 2.45) is 23.5 Å². The Morgan fingerprint density at radius 1 is 0.651 bits per heavy atom. The average molecular weight is 892 g/mol. The van der Waals surface area contributed by atoms with Crippen molar-refractivity contribution in [2.75, 3.05) is 0 Å². The Bertz CT molecular complexity index is 1610. The molecule has 16 heteroatoms. The third-order valence-corrected chi connectivity index (χ3v) is 11.9. The Labute approximate surface area is 371 Å². The Kier molecular flexibility index (Phi) is 22.9. The van der Waals surface area contributed by atoms with Crippen LogP contribution in [-0.2, 0) is 28.5 Å². The lowest BCUT2D eigenvalue weighted by molar-refractivity contribution is -0.302. The van der Waals surface area contributed by atoms with Crippen LogP contribution in [0.15, 0.2) is 85.1 Å². The van der Waals surface area contributed by atoms with Crippen LogP contribution < -0.4 is 5.73 Å². The van der Waals surface area contributed by atoms with Gasteiger partial charge in [0.15, 0.2) is 17.9 Å². The van der Waals surface area contributed by atoms with Crippen molar-refractivity contribution in [1.29, 1.82) is 0 Å². The van der Waals surface area contributed by atoms with E-state index in [4.69, 9.17) is 24.7 Å². The molecule has 3 aliphatic rings. The first-order valence-corrected chi connectivity index (χ1v) is 22.0. The highest BCUT2D eigenvalue weighted by Gasteiger charge is 2.47. The lowest BCUT2D eigenvalue weighted by Crippen LogP contribution is -2.61. The quantitative estimate of drug-likeness (QED) is 0.177. The molecule has 0 radical (unpaired) electrons. The molecule has 18 atom stereocenters. The summed E-state index contributed by atoms with van der Waals surface area (Å²) < 4.78 is 23.4. The van der Waals surface area contributed by atoms with Crippen molar-refractivity contribution < 1.29 is 74.5 Å². The van der Waals surface area contributed by atoms with E-state index in [2.05, 4.69) is 0 Å². The Morgan fingerprint density at radius 2 is 1.21 bits per heavy atom. The second-order valence-electron chi connectivity index (χ2n) is 17.4. The van der Waals surface area contributed by atoms with Gasteiger partial charge in [-0.2, -0.15) is 0 Å². The molecule has 0 aliphatic carbocycles. The summed E-state index contributed by atoms with van der Waals surface area (Å²) in [7, 11) is 0. The highest BCUT2D eigenvalue weighted by Crippen LogP contribution is 2.37. The largest absolute Gasteiger partial charge is 0.462 e. The van der Waals surface area contributed by atoms with Gasteiger partial charge >= 0.3 is 5.97 Å². The molecule has 0 aromatic carbocycles. The molecule has 63 heavy (non-hydrogen) atoms. The molecule has 6 unspecified atom stereocenters. The fourth-order valence-corrected chi connectivity index (χ4v) is 7.66. The molecule has 2 saturated heterocycles. The van der Waals surface area contributed by atoms with Crippen LogP contribution >= 0.6 is 0 Å². The first-order valence-electron chi connectivity index (χ1n) is 22.0. The fourth-order valence-electron chi connectivity index (χ4n) is 7.66. The number of ether oxygens (including phenoxy) is 4. The number of allylic oxidation sites excluding steroid dienone is 12. The van der Waals surface area contributed by atoms with E-state index in [1.165, 1.54) is 0 Å². The number of cyclic esters (lactones) is 1. The van der Waals surface area contributed by atoms with Gasteiger partial charge in [0.1, 0.15) is 18.3 Å². The minimum Gasteiger partial charge on any atom is -0.462 e. The molecule has 356 valence electrons. The van der Waals surface area contributed by atoms with Gasteiger partial charge in [-0.15, -0.1) is 0 Å². The van der Waals surface area contributed by atoms with E-state index in [1.807, 2.05) is 61.6 Å². The molecule has 0 amide bonds. The van der Waals surface area contributed by atoms with Crippen molar-refractivity contribution in [2.45, 2.75) is 177 Å². The summed E-state index contributed by atoms with van der Waals surface area (Å²) in [6.45, 7) is 8.55. The van der Waals surface area contributed by atoms with E-state index in [0.29, 0.717) is 0 Å². The zero-order chi connectivity index (χ0) is 46.9. The van der Waals surface area contributed by atoms with E-state index < -0.39 is 128 Å². The maximum atomic E-state index is 13.2. The van der Waals surface area contributed by atoms with Crippen LogP contribution in [0.3, 0.4) is 0 Å². The number of aliphatic hydroxyl groups excluding tert-OH is 8. The monoisotopic (exact) mass is 891 g/mol. The van der Waals surface area contributed by atoms with Gasteiger partial charge in [-0.25, -0.2) is 0 Å². The van der Waals surface area contributed by atoms with Gasteiger partial charge in [0.2, 0.25) is 0 Å². The normalized spacial score (nSPS) is 45.5. The molecular weight excluding hydrogens is 819 g/mol. The third-order valence-electron chi connectivity index (χ3n) is 11.9. The third kappa shape index (κ3) is 18.3. The van der Waals surface area contributed by atoms with Crippen molar-refractivity contribution in [3.63, 3.8) is 0 Å². The first-order chi connectivity index (χ1) is 29.7. The molecule has 3 heterocycles. The highest BCUT2D eigenvalue weighted by atomic mass is 16.7. The second-order valence-corrected chi connectivity index (χ2v) is 17.4. The number of nitrogens with two attached hydrogens (primary N) is 1. The number of ketones is 1. The first kappa shape index (κ1) is 54.1. The molecule has 0 aromatic heterocycles. The van der Waals surface area contributed by atoms with Gasteiger partial charge in [0.05, 0.1) is 73.8 Å². The summed E-state index contributed by atoms with van der Waals surface area (Å²) in [5.41, 5.74) is 6.05. The summed E-state index contributed by atoms with van der Waals surface area (Å²) in [4.78, 5) is 25.8. The zero-order valence-electron chi connectivity index (χ0n) is 37.1. The van der Waals surface area contributed by atoms with Crippen molar-refractivity contribution in [3.05, 3.63) is 85.1 Å². The number of esters is 1. The zero-order valence-corrected chi connectivity index (χ0v) is 37.1.